The first-order valence-electron chi connectivity index (χ1n) is 20.0. The van der Waals surface area contributed by atoms with Gasteiger partial charge in [0.15, 0.2) is 0 Å². The van der Waals surface area contributed by atoms with Gasteiger partial charge in [0.2, 0.25) is 0 Å². The second-order valence-corrected chi connectivity index (χ2v) is 19.9. The lowest BCUT2D eigenvalue weighted by molar-refractivity contribution is 0.124. The molecule has 50 heavy (non-hydrogen) atoms. The first kappa shape index (κ1) is 40.2. The zero-order valence-electron chi connectivity index (χ0n) is 34.5. The van der Waals surface area contributed by atoms with Crippen molar-refractivity contribution in [3.63, 3.8) is 0 Å². The van der Waals surface area contributed by atoms with Gasteiger partial charge >= 0.3 is 0 Å². The van der Waals surface area contributed by atoms with Gasteiger partial charge < -0.3 is 10.2 Å². The van der Waals surface area contributed by atoms with Crippen LogP contribution in [0.5, 0.6) is 11.5 Å². The minimum absolute atomic E-state index is 0.0303. The number of rotatable bonds is 10. The summed E-state index contributed by atoms with van der Waals surface area (Å²) in [6, 6.07) is 9.42. The molecule has 2 aromatic carbocycles. The molecule has 2 bridgehead atoms. The zero-order chi connectivity index (χ0) is 37.4. The highest BCUT2D eigenvalue weighted by Crippen LogP contribution is 2.46. The Kier molecular flexibility index (Phi) is 12.2. The first-order valence-corrected chi connectivity index (χ1v) is 20.0. The summed E-state index contributed by atoms with van der Waals surface area (Å²) in [5, 5.41) is 23.6. The molecule has 0 amide bonds. The van der Waals surface area contributed by atoms with Crippen molar-refractivity contribution in [1.29, 1.82) is 0 Å². The minimum Gasteiger partial charge on any atom is -0.507 e. The smallest absolute Gasteiger partial charge is 0.128 e. The number of aromatic hydroxyl groups is 2. The molecule has 278 valence electrons. The van der Waals surface area contributed by atoms with Crippen LogP contribution in [-0.4, -0.2) is 33.7 Å². The molecule has 0 saturated heterocycles. The van der Waals surface area contributed by atoms with Gasteiger partial charge in [0.1, 0.15) is 11.5 Å². The molecule has 4 nitrogen and oxygen atoms in total. The van der Waals surface area contributed by atoms with E-state index in [0.717, 1.165) is 85.0 Å². The van der Waals surface area contributed by atoms with Crippen LogP contribution in [0.2, 0.25) is 0 Å². The third kappa shape index (κ3) is 9.23. The van der Waals surface area contributed by atoms with Crippen molar-refractivity contribution in [2.24, 2.45) is 21.8 Å². The van der Waals surface area contributed by atoms with Gasteiger partial charge in [0, 0.05) is 33.7 Å². The predicted molar refractivity (Wildman–Crippen MR) is 216 cm³/mol. The van der Waals surface area contributed by atoms with Crippen LogP contribution >= 0.6 is 0 Å². The Balaban J connectivity index is 1.76. The van der Waals surface area contributed by atoms with E-state index in [2.05, 4.69) is 121 Å². The second-order valence-electron chi connectivity index (χ2n) is 19.9. The van der Waals surface area contributed by atoms with Crippen molar-refractivity contribution in [2.45, 2.75) is 195 Å². The van der Waals surface area contributed by atoms with Crippen molar-refractivity contribution >= 4 is 11.4 Å². The largest absolute Gasteiger partial charge is 0.507 e. The molecular weight excluding hydrogens is 613 g/mol. The van der Waals surface area contributed by atoms with E-state index < -0.39 is 0 Å². The van der Waals surface area contributed by atoms with Crippen LogP contribution < -0.4 is 0 Å². The summed E-state index contributed by atoms with van der Waals surface area (Å²) < 4.78 is 0. The molecule has 0 aliphatic heterocycles. The number of phenols is 2. The molecule has 0 spiro atoms. The van der Waals surface area contributed by atoms with Crippen molar-refractivity contribution in [3.8, 4) is 11.5 Å². The van der Waals surface area contributed by atoms with Gasteiger partial charge in [-0.3, -0.25) is 9.98 Å². The topological polar surface area (TPSA) is 65.2 Å². The van der Waals surface area contributed by atoms with Crippen LogP contribution in [0.4, 0.5) is 0 Å². The van der Waals surface area contributed by atoms with Gasteiger partial charge in [0.25, 0.3) is 0 Å². The van der Waals surface area contributed by atoms with Gasteiger partial charge in [-0.1, -0.05) is 122 Å². The number of fused-ring (bicyclic) bond motifs is 3. The third-order valence-corrected chi connectivity index (χ3v) is 11.5. The molecule has 4 atom stereocenters. The van der Waals surface area contributed by atoms with E-state index in [1.807, 2.05) is 0 Å². The van der Waals surface area contributed by atoms with E-state index in [1.54, 1.807) is 0 Å². The van der Waals surface area contributed by atoms with Gasteiger partial charge in [-0.2, -0.15) is 0 Å². The fourth-order valence-corrected chi connectivity index (χ4v) is 8.03. The van der Waals surface area contributed by atoms with E-state index >= 15 is 0 Å². The number of phenolic OH excluding ortho intramolecular Hbond substituents is 2. The molecule has 0 aromatic heterocycles. The molecule has 3 aliphatic carbocycles. The minimum atomic E-state index is -0.172. The van der Waals surface area contributed by atoms with Crippen molar-refractivity contribution in [3.05, 3.63) is 57.6 Å². The number of hydrogen-bond donors (Lipinski definition) is 2. The maximum absolute atomic E-state index is 11.8. The number of benzene rings is 2. The molecule has 0 unspecified atom stereocenters. The predicted octanol–water partition coefficient (Wildman–Crippen LogP) is 12.5. The quantitative estimate of drug-likeness (QED) is 0.245. The maximum atomic E-state index is 11.8. The van der Waals surface area contributed by atoms with Crippen LogP contribution in [0, 0.1) is 11.8 Å². The second kappa shape index (κ2) is 15.2. The maximum Gasteiger partial charge on any atom is 0.128 e. The number of nitrogens with zero attached hydrogens (tertiary/aromatic N) is 2. The first-order chi connectivity index (χ1) is 23.1. The molecule has 0 heterocycles. The Morgan fingerprint density at radius 3 is 1.16 bits per heavy atom. The lowest BCUT2D eigenvalue weighted by atomic mass is 9.65. The standard InChI is InChI=1S/C46H72N2O2/c1-15-17-19-37(33-25-31(43(3,4)5)27-35(41(33)49)45(9,10)11)47-39-23-30-22-21-29(39)24-40(30)48-38(20-18-16-2)34-26-32(44(6,7)8)28-36(42(34)50)46(12,13)14/h25-30,39-40,49-50H,15-24H2,1-14H3/t29-,30-,39+,40+/m0/s1. The summed E-state index contributed by atoms with van der Waals surface area (Å²) in [4.78, 5) is 11.2. The van der Waals surface area contributed by atoms with Gasteiger partial charge in [-0.25, -0.2) is 0 Å². The van der Waals surface area contributed by atoms with Crippen LogP contribution in [0.1, 0.15) is 195 Å². The molecule has 2 N–H and O–H groups in total. The van der Waals surface area contributed by atoms with Crippen molar-refractivity contribution < 1.29 is 10.2 Å². The van der Waals surface area contributed by atoms with Gasteiger partial charge in [-0.05, 0) is 108 Å². The summed E-state index contributed by atoms with van der Waals surface area (Å²) in [5.74, 6) is 1.78. The van der Waals surface area contributed by atoms with Gasteiger partial charge in [0.05, 0.1) is 12.1 Å². The Bertz CT molecular complexity index is 1430. The summed E-state index contributed by atoms with van der Waals surface area (Å²) in [6.07, 6.45) is 10.6. The Labute approximate surface area is 306 Å². The van der Waals surface area contributed by atoms with E-state index in [-0.39, 0.29) is 33.7 Å². The van der Waals surface area contributed by atoms with Crippen LogP contribution in [-0.2, 0) is 21.7 Å². The highest BCUT2D eigenvalue weighted by molar-refractivity contribution is 6.04. The summed E-state index contributed by atoms with van der Waals surface area (Å²) >= 11 is 0. The zero-order valence-corrected chi connectivity index (χ0v) is 34.5. The van der Waals surface area contributed by atoms with E-state index in [1.165, 1.54) is 24.0 Å². The SMILES string of the molecule is CCCCC(=N[C@@H]1C[C@@H]2CC[C@H]1C[C@H]2N=C(CCCC)c1cc(C(C)(C)C)cc(C(C)(C)C)c1O)c1cc(C(C)(C)C)cc(C(C)(C)C)c1O. The fraction of sp³-hybridized carbons (Fsp3) is 0.696. The van der Waals surface area contributed by atoms with E-state index in [0.29, 0.717) is 23.3 Å². The number of hydrogen-bond acceptors (Lipinski definition) is 4. The Morgan fingerprint density at radius 1 is 0.560 bits per heavy atom. The van der Waals surface area contributed by atoms with Gasteiger partial charge in [-0.15, -0.1) is 0 Å². The summed E-state index contributed by atoms with van der Waals surface area (Å²) in [7, 11) is 0. The average molecular weight is 685 g/mol. The Hall–Kier alpha value is -2.62. The van der Waals surface area contributed by atoms with Crippen LogP contribution in [0.25, 0.3) is 0 Å². The van der Waals surface area contributed by atoms with E-state index in [4.69, 9.17) is 9.98 Å². The summed E-state index contributed by atoms with van der Waals surface area (Å²) in [6.45, 7) is 31.2. The molecule has 0 radical (unpaired) electrons. The molecule has 4 heteroatoms. The van der Waals surface area contributed by atoms with E-state index in [9.17, 15) is 10.2 Å². The molecule has 5 rings (SSSR count). The Morgan fingerprint density at radius 2 is 0.900 bits per heavy atom. The lowest BCUT2D eigenvalue weighted by Gasteiger charge is -2.45. The molecular formula is C46H72N2O2. The highest BCUT2D eigenvalue weighted by atomic mass is 16.3. The number of unbranched alkanes of at least 4 members (excludes halogenated alkanes) is 2. The third-order valence-electron chi connectivity index (χ3n) is 11.5. The molecule has 3 saturated carbocycles. The van der Waals surface area contributed by atoms with Crippen molar-refractivity contribution in [2.75, 3.05) is 0 Å². The summed E-state index contributed by atoms with van der Waals surface area (Å²) in [5.41, 5.74) is 8.18. The average Bonchev–Trinajstić information content (AvgIpc) is 3.00. The molecule has 3 aliphatic rings. The van der Waals surface area contributed by atoms with Crippen molar-refractivity contribution in [1.82, 2.24) is 0 Å². The lowest BCUT2D eigenvalue weighted by Crippen LogP contribution is -2.43. The number of aliphatic imine (C=N–C) groups is 2. The fourth-order valence-electron chi connectivity index (χ4n) is 8.03. The van der Waals surface area contributed by atoms with Crippen LogP contribution in [0.15, 0.2) is 34.3 Å². The highest BCUT2D eigenvalue weighted by Gasteiger charge is 2.42. The molecule has 3 fully saturated rings. The monoisotopic (exact) mass is 685 g/mol. The van der Waals surface area contributed by atoms with Crippen LogP contribution in [0.3, 0.4) is 0 Å². The normalized spacial score (nSPS) is 22.4. The molecule has 2 aromatic rings.